The van der Waals surface area contributed by atoms with Gasteiger partial charge in [0.2, 0.25) is 11.8 Å². The first-order valence-electron chi connectivity index (χ1n) is 9.47. The zero-order chi connectivity index (χ0) is 19.8. The first-order valence-corrected chi connectivity index (χ1v) is 9.47. The highest BCUT2D eigenvalue weighted by molar-refractivity contribution is 6.05. The van der Waals surface area contributed by atoms with Gasteiger partial charge in [0.15, 0.2) is 0 Å². The van der Waals surface area contributed by atoms with Crippen LogP contribution in [-0.2, 0) is 22.7 Å². The summed E-state index contributed by atoms with van der Waals surface area (Å²) in [5.41, 5.74) is 8.21. The Labute approximate surface area is 159 Å². The fourth-order valence-electron chi connectivity index (χ4n) is 3.65. The number of piperidine rings is 1. The lowest BCUT2D eigenvalue weighted by molar-refractivity contribution is -0.136. The van der Waals surface area contributed by atoms with E-state index in [1.807, 2.05) is 18.2 Å². The van der Waals surface area contributed by atoms with E-state index in [-0.39, 0.29) is 29.7 Å². The van der Waals surface area contributed by atoms with Crippen LogP contribution in [0.25, 0.3) is 0 Å². The third kappa shape index (κ3) is 3.61. The second-order valence-corrected chi connectivity index (χ2v) is 7.98. The van der Waals surface area contributed by atoms with Crippen LogP contribution in [0.4, 0.5) is 0 Å². The van der Waals surface area contributed by atoms with E-state index in [0.717, 1.165) is 11.1 Å². The molecule has 1 fully saturated rings. The number of nitrogens with zero attached hydrogens (tertiary/aromatic N) is 1. The number of nitrogens with one attached hydrogen (secondary N) is 2. The predicted molar refractivity (Wildman–Crippen MR) is 102 cm³/mol. The van der Waals surface area contributed by atoms with Crippen LogP contribution in [0.3, 0.4) is 0 Å². The van der Waals surface area contributed by atoms with E-state index >= 15 is 0 Å². The van der Waals surface area contributed by atoms with Gasteiger partial charge in [0.05, 0.1) is 0 Å². The molecular formula is C20H28N4O3. The van der Waals surface area contributed by atoms with Crippen molar-refractivity contribution < 1.29 is 14.4 Å². The number of hydrogen-bond acceptors (Lipinski definition) is 5. The molecule has 7 nitrogen and oxygen atoms in total. The summed E-state index contributed by atoms with van der Waals surface area (Å²) in [4.78, 5) is 38.3. The molecule has 1 aromatic rings. The van der Waals surface area contributed by atoms with Crippen molar-refractivity contribution in [3.05, 3.63) is 34.9 Å². The van der Waals surface area contributed by atoms with Crippen molar-refractivity contribution in [1.82, 2.24) is 15.5 Å². The molecule has 1 aromatic carbocycles. The monoisotopic (exact) mass is 372 g/mol. The van der Waals surface area contributed by atoms with Crippen LogP contribution in [-0.4, -0.2) is 40.7 Å². The van der Waals surface area contributed by atoms with Gasteiger partial charge >= 0.3 is 0 Å². The summed E-state index contributed by atoms with van der Waals surface area (Å²) in [7, 11) is 0. The third-order valence-electron chi connectivity index (χ3n) is 6.02. The molecule has 0 spiro atoms. The molecule has 2 heterocycles. The highest BCUT2D eigenvalue weighted by Crippen LogP contribution is 2.30. The van der Waals surface area contributed by atoms with E-state index in [9.17, 15) is 14.4 Å². The van der Waals surface area contributed by atoms with E-state index in [1.165, 1.54) is 0 Å². The molecule has 0 aliphatic carbocycles. The van der Waals surface area contributed by atoms with Gasteiger partial charge < -0.3 is 16.0 Å². The van der Waals surface area contributed by atoms with Gasteiger partial charge in [-0.25, -0.2) is 0 Å². The zero-order valence-electron chi connectivity index (χ0n) is 16.2. The molecule has 0 bridgehead atoms. The standard InChI is InChI=1S/C20H28N4O3/c1-12(2)20(3,11-21)22-9-13-5-4-6-14-10-24(19(27)17(13)14)15-7-8-16(25)23-18(15)26/h4-6,12,15,22H,7-11,21H2,1-3H3,(H,23,25,26). The number of rotatable bonds is 6. The lowest BCUT2D eigenvalue weighted by atomic mass is 9.88. The number of imide groups is 1. The Morgan fingerprint density at radius 1 is 1.33 bits per heavy atom. The van der Waals surface area contributed by atoms with Crippen molar-refractivity contribution in [3.8, 4) is 0 Å². The van der Waals surface area contributed by atoms with Crippen LogP contribution in [0.1, 0.15) is 55.1 Å². The number of carbonyl (C=O) groups excluding carboxylic acids is 3. The molecule has 27 heavy (non-hydrogen) atoms. The van der Waals surface area contributed by atoms with Gasteiger partial charge in [0, 0.05) is 37.2 Å². The van der Waals surface area contributed by atoms with E-state index in [2.05, 4.69) is 31.4 Å². The number of carbonyl (C=O) groups is 3. The van der Waals surface area contributed by atoms with Gasteiger partial charge in [-0.1, -0.05) is 32.0 Å². The fraction of sp³-hybridized carbons (Fsp3) is 0.550. The van der Waals surface area contributed by atoms with Crippen molar-refractivity contribution in [3.63, 3.8) is 0 Å². The lowest BCUT2D eigenvalue weighted by Gasteiger charge is -2.34. The number of benzene rings is 1. The van der Waals surface area contributed by atoms with Crippen LogP contribution in [0.5, 0.6) is 0 Å². The summed E-state index contributed by atoms with van der Waals surface area (Å²) < 4.78 is 0. The summed E-state index contributed by atoms with van der Waals surface area (Å²) >= 11 is 0. The second kappa shape index (κ2) is 7.40. The third-order valence-corrected chi connectivity index (χ3v) is 6.02. The Hall–Kier alpha value is -2.25. The van der Waals surface area contributed by atoms with E-state index < -0.39 is 6.04 Å². The maximum absolute atomic E-state index is 13.1. The minimum atomic E-state index is -0.589. The van der Waals surface area contributed by atoms with Crippen LogP contribution in [0, 0.1) is 5.92 Å². The van der Waals surface area contributed by atoms with Gasteiger partial charge in [0.25, 0.3) is 5.91 Å². The molecule has 4 N–H and O–H groups in total. The van der Waals surface area contributed by atoms with E-state index in [1.54, 1.807) is 4.90 Å². The van der Waals surface area contributed by atoms with Gasteiger partial charge in [-0.3, -0.25) is 19.7 Å². The van der Waals surface area contributed by atoms with Gasteiger partial charge in [0.1, 0.15) is 6.04 Å². The Morgan fingerprint density at radius 2 is 2.07 bits per heavy atom. The van der Waals surface area contributed by atoms with Crippen LogP contribution in [0.2, 0.25) is 0 Å². The SMILES string of the molecule is CC(C)C(C)(CN)NCc1cccc2c1C(=O)N(C1CCC(=O)NC1=O)C2. The Bertz CT molecular complexity index is 776. The molecule has 0 aromatic heterocycles. The number of hydrogen-bond donors (Lipinski definition) is 3. The first kappa shape index (κ1) is 19.5. The highest BCUT2D eigenvalue weighted by Gasteiger charge is 2.40. The van der Waals surface area contributed by atoms with Crippen LogP contribution < -0.4 is 16.4 Å². The molecule has 1 saturated heterocycles. The summed E-state index contributed by atoms with van der Waals surface area (Å²) in [6.07, 6.45) is 0.630. The van der Waals surface area contributed by atoms with Crippen LogP contribution in [0.15, 0.2) is 18.2 Å². The number of fused-ring (bicyclic) bond motifs is 1. The summed E-state index contributed by atoms with van der Waals surface area (Å²) in [6.45, 7) is 7.74. The molecule has 3 amide bonds. The molecule has 3 rings (SSSR count). The molecule has 2 atom stereocenters. The van der Waals surface area contributed by atoms with E-state index in [0.29, 0.717) is 37.5 Å². The quantitative estimate of drug-likeness (QED) is 0.644. The first-order chi connectivity index (χ1) is 12.8. The summed E-state index contributed by atoms with van der Waals surface area (Å²) in [5.74, 6) is -0.464. The molecule has 7 heteroatoms. The maximum atomic E-state index is 13.1. The Morgan fingerprint density at radius 3 is 2.70 bits per heavy atom. The molecule has 2 aliphatic rings. The van der Waals surface area contributed by atoms with Crippen molar-refractivity contribution >= 4 is 17.7 Å². The van der Waals surface area contributed by atoms with Gasteiger partial charge in [-0.2, -0.15) is 0 Å². The van der Waals surface area contributed by atoms with Crippen LogP contribution >= 0.6 is 0 Å². The van der Waals surface area contributed by atoms with E-state index in [4.69, 9.17) is 5.73 Å². The molecule has 146 valence electrons. The van der Waals surface area contributed by atoms with Crippen molar-refractivity contribution in [2.45, 2.75) is 58.3 Å². The predicted octanol–water partition coefficient (Wildman–Crippen LogP) is 0.911. The second-order valence-electron chi connectivity index (χ2n) is 7.98. The molecule has 2 unspecified atom stereocenters. The van der Waals surface area contributed by atoms with Crippen molar-refractivity contribution in [2.75, 3.05) is 6.54 Å². The minimum Gasteiger partial charge on any atom is -0.329 e. The minimum absolute atomic E-state index is 0.143. The topological polar surface area (TPSA) is 105 Å². The van der Waals surface area contributed by atoms with Crippen molar-refractivity contribution in [2.24, 2.45) is 11.7 Å². The smallest absolute Gasteiger partial charge is 0.255 e. The molecular weight excluding hydrogens is 344 g/mol. The fourth-order valence-corrected chi connectivity index (χ4v) is 3.65. The van der Waals surface area contributed by atoms with Gasteiger partial charge in [-0.05, 0) is 30.4 Å². The number of nitrogens with two attached hydrogens (primary N) is 1. The average Bonchev–Trinajstić information content (AvgIpc) is 2.96. The molecule has 0 radical (unpaired) electrons. The number of amides is 3. The molecule has 2 aliphatic heterocycles. The van der Waals surface area contributed by atoms with Gasteiger partial charge in [-0.15, -0.1) is 0 Å². The summed E-state index contributed by atoms with van der Waals surface area (Å²) in [6, 6.07) is 5.21. The molecule has 0 saturated carbocycles. The maximum Gasteiger partial charge on any atom is 0.255 e. The Kier molecular flexibility index (Phi) is 5.35. The highest BCUT2D eigenvalue weighted by atomic mass is 16.2. The largest absolute Gasteiger partial charge is 0.329 e. The average molecular weight is 372 g/mol. The lowest BCUT2D eigenvalue weighted by Crippen LogP contribution is -2.53. The Balaban J connectivity index is 1.80. The normalized spacial score (nSPS) is 22.0. The van der Waals surface area contributed by atoms with Crippen molar-refractivity contribution in [1.29, 1.82) is 0 Å². The summed E-state index contributed by atoms with van der Waals surface area (Å²) in [5, 5.41) is 5.84. The zero-order valence-corrected chi connectivity index (χ0v) is 16.2.